The third kappa shape index (κ3) is 11.9. The highest BCUT2D eigenvalue weighted by Crippen LogP contribution is 2.02. The van der Waals surface area contributed by atoms with Gasteiger partial charge in [0.05, 0.1) is 6.54 Å². The first-order chi connectivity index (χ1) is 7.31. The molecule has 16 heavy (non-hydrogen) atoms. The van der Waals surface area contributed by atoms with E-state index in [-0.39, 0.29) is 12.1 Å². The number of nitrogens with one attached hydrogen (secondary N) is 1. The van der Waals surface area contributed by atoms with Crippen LogP contribution in [0, 0.1) is 0 Å². The smallest absolute Gasteiger partial charge is 0.251 e. The maximum absolute atomic E-state index is 12.0. The summed E-state index contributed by atoms with van der Waals surface area (Å²) >= 11 is 0. The van der Waals surface area contributed by atoms with Crippen molar-refractivity contribution in [2.75, 3.05) is 26.7 Å². The Hall–Kier alpha value is -0.220. The van der Waals surface area contributed by atoms with Gasteiger partial charge in [-0.2, -0.15) is 0 Å². The molecule has 1 N–H and O–H groups in total. The summed E-state index contributed by atoms with van der Waals surface area (Å²) in [5, 5.41) is 3.41. The quantitative estimate of drug-likeness (QED) is 0.652. The molecule has 0 saturated heterocycles. The molecule has 0 rings (SSSR count). The third-order valence-corrected chi connectivity index (χ3v) is 2.32. The van der Waals surface area contributed by atoms with Crippen LogP contribution in [0.1, 0.15) is 40.0 Å². The highest BCUT2D eigenvalue weighted by atomic mass is 19.3. The minimum atomic E-state index is -2.22. The lowest BCUT2D eigenvalue weighted by molar-refractivity contribution is 0.0995. The Balaban J connectivity index is 3.27. The van der Waals surface area contributed by atoms with E-state index >= 15 is 0 Å². The number of nitrogens with zero attached hydrogens (tertiary/aromatic N) is 1. The molecule has 0 aliphatic heterocycles. The fraction of sp³-hybridized carbons (Fsp3) is 1.00. The number of rotatable bonds is 8. The van der Waals surface area contributed by atoms with Gasteiger partial charge < -0.3 is 10.2 Å². The molecule has 0 heterocycles. The van der Waals surface area contributed by atoms with Crippen molar-refractivity contribution in [3.8, 4) is 0 Å². The van der Waals surface area contributed by atoms with Crippen LogP contribution in [0.5, 0.6) is 0 Å². The molecule has 0 aromatic heterocycles. The summed E-state index contributed by atoms with van der Waals surface area (Å²) in [5.74, 6) is 0. The van der Waals surface area contributed by atoms with Crippen molar-refractivity contribution in [1.29, 1.82) is 0 Å². The highest BCUT2D eigenvalue weighted by Gasteiger charge is 2.08. The molecule has 0 atom stereocenters. The van der Waals surface area contributed by atoms with Crippen molar-refractivity contribution in [3.63, 3.8) is 0 Å². The lowest BCUT2D eigenvalue weighted by Crippen LogP contribution is -2.36. The van der Waals surface area contributed by atoms with Gasteiger partial charge in [-0.25, -0.2) is 8.78 Å². The highest BCUT2D eigenvalue weighted by molar-refractivity contribution is 4.69. The van der Waals surface area contributed by atoms with Crippen LogP contribution >= 0.6 is 0 Å². The van der Waals surface area contributed by atoms with Gasteiger partial charge in [-0.05, 0) is 53.8 Å². The van der Waals surface area contributed by atoms with E-state index in [0.717, 1.165) is 32.4 Å². The second-order valence-corrected chi connectivity index (χ2v) is 5.39. The zero-order valence-corrected chi connectivity index (χ0v) is 11.0. The Kier molecular flexibility index (Phi) is 7.85. The van der Waals surface area contributed by atoms with E-state index in [1.54, 1.807) is 11.9 Å². The van der Waals surface area contributed by atoms with Crippen LogP contribution in [0.3, 0.4) is 0 Å². The summed E-state index contributed by atoms with van der Waals surface area (Å²) in [6.45, 7) is 8.08. The number of hydrogen-bond donors (Lipinski definition) is 1. The lowest BCUT2D eigenvalue weighted by atomic mass is 10.1. The summed E-state index contributed by atoms with van der Waals surface area (Å²) in [4.78, 5) is 1.70. The van der Waals surface area contributed by atoms with E-state index in [1.165, 1.54) is 0 Å². The molecule has 0 aromatic rings. The standard InChI is InChI=1S/C12H26F2N2/c1-12(2,3)15-8-6-5-7-9-16(4)10-11(13)14/h11,15H,5-10H2,1-4H3. The fourth-order valence-electron chi connectivity index (χ4n) is 1.47. The van der Waals surface area contributed by atoms with Crippen LogP contribution in [-0.2, 0) is 0 Å². The van der Waals surface area contributed by atoms with E-state index in [4.69, 9.17) is 0 Å². The van der Waals surface area contributed by atoms with Gasteiger partial charge in [-0.15, -0.1) is 0 Å². The van der Waals surface area contributed by atoms with E-state index in [0.29, 0.717) is 0 Å². The Bertz CT molecular complexity index is 167. The SMILES string of the molecule is CN(CCCCCNC(C)(C)C)CC(F)F. The molecule has 0 amide bonds. The Morgan fingerprint density at radius 1 is 1.12 bits per heavy atom. The molecule has 98 valence electrons. The average molecular weight is 236 g/mol. The first-order valence-electron chi connectivity index (χ1n) is 6.03. The molecule has 0 spiro atoms. The summed E-state index contributed by atoms with van der Waals surface area (Å²) in [7, 11) is 1.75. The van der Waals surface area contributed by atoms with Crippen molar-refractivity contribution in [2.45, 2.75) is 52.0 Å². The molecule has 0 aromatic carbocycles. The lowest BCUT2D eigenvalue weighted by Gasteiger charge is -2.20. The van der Waals surface area contributed by atoms with Crippen LogP contribution in [0.15, 0.2) is 0 Å². The molecule has 0 radical (unpaired) electrons. The van der Waals surface area contributed by atoms with Gasteiger partial charge in [-0.3, -0.25) is 0 Å². The largest absolute Gasteiger partial charge is 0.312 e. The Morgan fingerprint density at radius 2 is 1.75 bits per heavy atom. The molecule has 0 bridgehead atoms. The van der Waals surface area contributed by atoms with Gasteiger partial charge >= 0.3 is 0 Å². The minimum absolute atomic E-state index is 0.111. The van der Waals surface area contributed by atoms with Gasteiger partial charge in [0, 0.05) is 5.54 Å². The predicted molar refractivity (Wildman–Crippen MR) is 65.1 cm³/mol. The van der Waals surface area contributed by atoms with Gasteiger partial charge in [0.1, 0.15) is 0 Å². The van der Waals surface area contributed by atoms with E-state index in [9.17, 15) is 8.78 Å². The summed E-state index contributed by atoms with van der Waals surface area (Å²) in [6, 6.07) is 0. The average Bonchev–Trinajstić information content (AvgIpc) is 2.07. The maximum Gasteiger partial charge on any atom is 0.251 e. The topological polar surface area (TPSA) is 15.3 Å². The summed E-state index contributed by atoms with van der Waals surface area (Å²) in [5.41, 5.74) is 0.173. The Morgan fingerprint density at radius 3 is 2.25 bits per heavy atom. The molecule has 4 heteroatoms. The first kappa shape index (κ1) is 15.8. The van der Waals surface area contributed by atoms with Gasteiger partial charge in [-0.1, -0.05) is 6.42 Å². The van der Waals surface area contributed by atoms with Crippen LogP contribution < -0.4 is 5.32 Å². The van der Waals surface area contributed by atoms with Crippen LogP contribution in [0.4, 0.5) is 8.78 Å². The van der Waals surface area contributed by atoms with Crippen molar-refractivity contribution in [1.82, 2.24) is 10.2 Å². The van der Waals surface area contributed by atoms with E-state index in [1.807, 2.05) is 0 Å². The molecular formula is C12H26F2N2. The molecule has 2 nitrogen and oxygen atoms in total. The van der Waals surface area contributed by atoms with Crippen molar-refractivity contribution in [2.24, 2.45) is 0 Å². The third-order valence-electron chi connectivity index (χ3n) is 2.32. The van der Waals surface area contributed by atoms with Crippen molar-refractivity contribution >= 4 is 0 Å². The van der Waals surface area contributed by atoms with Gasteiger partial charge in [0.15, 0.2) is 0 Å². The molecule has 0 aliphatic carbocycles. The van der Waals surface area contributed by atoms with Gasteiger partial charge in [0.2, 0.25) is 0 Å². The number of alkyl halides is 2. The predicted octanol–water partition coefficient (Wildman–Crippen LogP) is 2.74. The molecule has 0 aliphatic rings. The van der Waals surface area contributed by atoms with Gasteiger partial charge in [0.25, 0.3) is 6.43 Å². The normalized spacial score (nSPS) is 12.8. The second-order valence-electron chi connectivity index (χ2n) is 5.39. The molecular weight excluding hydrogens is 210 g/mol. The molecule has 0 saturated carbocycles. The number of halogens is 2. The summed E-state index contributed by atoms with van der Waals surface area (Å²) in [6.07, 6.45) is 0.985. The Labute approximate surface area is 98.4 Å². The second kappa shape index (κ2) is 7.96. The van der Waals surface area contributed by atoms with Crippen molar-refractivity contribution < 1.29 is 8.78 Å². The monoisotopic (exact) mass is 236 g/mol. The fourth-order valence-corrected chi connectivity index (χ4v) is 1.47. The van der Waals surface area contributed by atoms with E-state index in [2.05, 4.69) is 26.1 Å². The van der Waals surface area contributed by atoms with Crippen LogP contribution in [-0.4, -0.2) is 43.5 Å². The number of hydrogen-bond acceptors (Lipinski definition) is 2. The number of unbranched alkanes of at least 4 members (excludes halogenated alkanes) is 2. The zero-order valence-electron chi connectivity index (χ0n) is 11.0. The maximum atomic E-state index is 12.0. The molecule has 0 fully saturated rings. The van der Waals surface area contributed by atoms with Crippen LogP contribution in [0.25, 0.3) is 0 Å². The van der Waals surface area contributed by atoms with Crippen LogP contribution in [0.2, 0.25) is 0 Å². The molecule has 0 unspecified atom stereocenters. The van der Waals surface area contributed by atoms with Crippen molar-refractivity contribution in [3.05, 3.63) is 0 Å². The van der Waals surface area contributed by atoms with E-state index < -0.39 is 6.43 Å². The minimum Gasteiger partial charge on any atom is -0.312 e. The zero-order chi connectivity index (χ0) is 12.6. The summed E-state index contributed by atoms with van der Waals surface area (Å²) < 4.78 is 24.0. The first-order valence-corrected chi connectivity index (χ1v) is 6.03.